The standard InChI is InChI=1S/C14H20N2S/c1-17-13-15-10-11-5-8-14(9-12(11)16-13)6-3-2-4-7-14/h10H,2-9H2,1H3. The summed E-state index contributed by atoms with van der Waals surface area (Å²) in [5.41, 5.74) is 3.34. The Labute approximate surface area is 108 Å². The van der Waals surface area contributed by atoms with E-state index in [9.17, 15) is 0 Å². The summed E-state index contributed by atoms with van der Waals surface area (Å²) in [5.74, 6) is 0. The summed E-state index contributed by atoms with van der Waals surface area (Å²) in [4.78, 5) is 9.13. The minimum absolute atomic E-state index is 0.593. The van der Waals surface area contributed by atoms with Gasteiger partial charge in [-0.3, -0.25) is 0 Å². The minimum Gasteiger partial charge on any atom is -0.231 e. The van der Waals surface area contributed by atoms with Crippen LogP contribution in [0.4, 0.5) is 0 Å². The predicted octanol–water partition coefficient (Wildman–Crippen LogP) is 3.64. The lowest BCUT2D eigenvalue weighted by atomic mass is 9.65. The van der Waals surface area contributed by atoms with Crippen LogP contribution in [0.5, 0.6) is 0 Å². The molecule has 2 aliphatic carbocycles. The average molecular weight is 248 g/mol. The second kappa shape index (κ2) is 4.60. The minimum atomic E-state index is 0.593. The van der Waals surface area contributed by atoms with E-state index in [1.54, 1.807) is 11.8 Å². The maximum absolute atomic E-state index is 4.73. The van der Waals surface area contributed by atoms with Crippen LogP contribution in [-0.4, -0.2) is 16.2 Å². The molecule has 3 rings (SSSR count). The fraction of sp³-hybridized carbons (Fsp3) is 0.714. The summed E-state index contributed by atoms with van der Waals surface area (Å²) in [6.07, 6.45) is 15.0. The van der Waals surface area contributed by atoms with E-state index in [1.165, 1.54) is 62.6 Å². The van der Waals surface area contributed by atoms with Crippen molar-refractivity contribution in [1.82, 2.24) is 9.97 Å². The molecular formula is C14H20N2S. The number of aromatic nitrogens is 2. The van der Waals surface area contributed by atoms with Gasteiger partial charge >= 0.3 is 0 Å². The van der Waals surface area contributed by atoms with E-state index < -0.39 is 0 Å². The largest absolute Gasteiger partial charge is 0.231 e. The van der Waals surface area contributed by atoms with E-state index in [0.29, 0.717) is 5.41 Å². The van der Waals surface area contributed by atoms with Crippen LogP contribution in [0.3, 0.4) is 0 Å². The van der Waals surface area contributed by atoms with E-state index >= 15 is 0 Å². The SMILES string of the molecule is CSc1ncc2c(n1)CC1(CCCCC1)CC2. The summed E-state index contributed by atoms with van der Waals surface area (Å²) in [6, 6.07) is 0. The normalized spacial score (nSPS) is 22.4. The summed E-state index contributed by atoms with van der Waals surface area (Å²) in [6.45, 7) is 0. The van der Waals surface area contributed by atoms with Crippen molar-refractivity contribution in [3.05, 3.63) is 17.5 Å². The van der Waals surface area contributed by atoms with Crippen LogP contribution in [0.1, 0.15) is 49.8 Å². The van der Waals surface area contributed by atoms with Crippen molar-refractivity contribution in [1.29, 1.82) is 0 Å². The Morgan fingerprint density at radius 3 is 2.76 bits per heavy atom. The van der Waals surface area contributed by atoms with Crippen LogP contribution in [0.2, 0.25) is 0 Å². The number of nitrogens with zero attached hydrogens (tertiary/aromatic N) is 2. The van der Waals surface area contributed by atoms with Gasteiger partial charge in [-0.25, -0.2) is 9.97 Å². The van der Waals surface area contributed by atoms with E-state index in [0.717, 1.165) is 5.16 Å². The molecule has 0 atom stereocenters. The first kappa shape index (κ1) is 11.5. The highest BCUT2D eigenvalue weighted by Crippen LogP contribution is 2.45. The first-order chi connectivity index (χ1) is 8.31. The lowest BCUT2D eigenvalue weighted by molar-refractivity contribution is 0.159. The van der Waals surface area contributed by atoms with Gasteiger partial charge in [-0.2, -0.15) is 0 Å². The average Bonchev–Trinajstić information content (AvgIpc) is 2.39. The third-order valence-electron chi connectivity index (χ3n) is 4.50. The van der Waals surface area contributed by atoms with Crippen molar-refractivity contribution in [3.63, 3.8) is 0 Å². The van der Waals surface area contributed by atoms with Crippen LogP contribution >= 0.6 is 11.8 Å². The Morgan fingerprint density at radius 1 is 1.18 bits per heavy atom. The number of hydrogen-bond acceptors (Lipinski definition) is 3. The van der Waals surface area contributed by atoms with Crippen LogP contribution in [0.25, 0.3) is 0 Å². The predicted molar refractivity (Wildman–Crippen MR) is 71.4 cm³/mol. The van der Waals surface area contributed by atoms with E-state index in [4.69, 9.17) is 4.98 Å². The van der Waals surface area contributed by atoms with Crippen molar-refractivity contribution in [2.45, 2.75) is 56.5 Å². The molecule has 2 aliphatic rings. The number of rotatable bonds is 1. The fourth-order valence-corrected chi connectivity index (χ4v) is 3.82. The Balaban J connectivity index is 1.87. The molecule has 92 valence electrons. The zero-order valence-corrected chi connectivity index (χ0v) is 11.4. The third kappa shape index (κ3) is 2.22. The van der Waals surface area contributed by atoms with Crippen molar-refractivity contribution in [3.8, 4) is 0 Å². The topological polar surface area (TPSA) is 25.8 Å². The molecule has 0 N–H and O–H groups in total. The molecule has 1 fully saturated rings. The lowest BCUT2D eigenvalue weighted by Gasteiger charge is -2.40. The fourth-order valence-electron chi connectivity index (χ4n) is 3.46. The Morgan fingerprint density at radius 2 is 2.00 bits per heavy atom. The van der Waals surface area contributed by atoms with E-state index in [-0.39, 0.29) is 0 Å². The molecular weight excluding hydrogens is 228 g/mol. The smallest absolute Gasteiger partial charge is 0.187 e. The van der Waals surface area contributed by atoms with Gasteiger partial charge < -0.3 is 0 Å². The van der Waals surface area contributed by atoms with E-state index in [2.05, 4.69) is 17.4 Å². The zero-order chi connectivity index (χ0) is 11.7. The highest BCUT2D eigenvalue weighted by atomic mass is 32.2. The number of aryl methyl sites for hydroxylation is 1. The van der Waals surface area contributed by atoms with Crippen LogP contribution in [-0.2, 0) is 12.8 Å². The Hall–Kier alpha value is -0.570. The molecule has 1 saturated carbocycles. The number of hydrogen-bond donors (Lipinski definition) is 0. The van der Waals surface area contributed by atoms with Crippen molar-refractivity contribution in [2.24, 2.45) is 5.41 Å². The van der Waals surface area contributed by atoms with E-state index in [1.807, 2.05) is 0 Å². The molecule has 0 aromatic carbocycles. The molecule has 17 heavy (non-hydrogen) atoms. The number of thioether (sulfide) groups is 1. The second-order valence-corrected chi connectivity index (χ2v) is 6.34. The number of fused-ring (bicyclic) bond motifs is 1. The maximum Gasteiger partial charge on any atom is 0.187 e. The molecule has 2 nitrogen and oxygen atoms in total. The molecule has 1 aromatic heterocycles. The van der Waals surface area contributed by atoms with Gasteiger partial charge in [0.25, 0.3) is 0 Å². The molecule has 0 amide bonds. The van der Waals surface area contributed by atoms with Gasteiger partial charge in [0.2, 0.25) is 0 Å². The molecule has 1 spiro atoms. The molecule has 3 heteroatoms. The van der Waals surface area contributed by atoms with Crippen LogP contribution in [0, 0.1) is 5.41 Å². The highest BCUT2D eigenvalue weighted by molar-refractivity contribution is 7.98. The van der Waals surface area contributed by atoms with Crippen LogP contribution < -0.4 is 0 Å². The summed E-state index contributed by atoms with van der Waals surface area (Å²) in [7, 11) is 0. The second-order valence-electron chi connectivity index (χ2n) is 5.57. The molecule has 0 radical (unpaired) electrons. The molecule has 0 unspecified atom stereocenters. The highest BCUT2D eigenvalue weighted by Gasteiger charge is 2.36. The van der Waals surface area contributed by atoms with Gasteiger partial charge in [0.1, 0.15) is 0 Å². The van der Waals surface area contributed by atoms with Gasteiger partial charge in [-0.1, -0.05) is 31.0 Å². The first-order valence-electron chi connectivity index (χ1n) is 6.70. The lowest BCUT2D eigenvalue weighted by Crippen LogP contribution is -2.32. The molecule has 0 saturated heterocycles. The first-order valence-corrected chi connectivity index (χ1v) is 7.93. The maximum atomic E-state index is 4.73. The summed E-state index contributed by atoms with van der Waals surface area (Å²) < 4.78 is 0. The van der Waals surface area contributed by atoms with Gasteiger partial charge in [0.05, 0.1) is 0 Å². The molecule has 0 aliphatic heterocycles. The quantitative estimate of drug-likeness (QED) is 0.560. The van der Waals surface area contributed by atoms with Gasteiger partial charge in [0.15, 0.2) is 5.16 Å². The van der Waals surface area contributed by atoms with Crippen molar-refractivity contribution in [2.75, 3.05) is 6.26 Å². The zero-order valence-electron chi connectivity index (χ0n) is 10.5. The Bertz CT molecular complexity index is 411. The van der Waals surface area contributed by atoms with Crippen molar-refractivity contribution >= 4 is 11.8 Å². The van der Waals surface area contributed by atoms with Gasteiger partial charge in [-0.15, -0.1) is 0 Å². The summed E-state index contributed by atoms with van der Waals surface area (Å²) in [5, 5.41) is 0.941. The monoisotopic (exact) mass is 248 g/mol. The van der Waals surface area contributed by atoms with Gasteiger partial charge in [-0.05, 0) is 49.3 Å². The third-order valence-corrected chi connectivity index (χ3v) is 5.06. The Kier molecular flexibility index (Phi) is 3.12. The molecule has 0 bridgehead atoms. The van der Waals surface area contributed by atoms with Gasteiger partial charge in [0, 0.05) is 11.9 Å². The molecule has 1 heterocycles. The van der Waals surface area contributed by atoms with Crippen LogP contribution in [0.15, 0.2) is 11.4 Å². The van der Waals surface area contributed by atoms with Crippen molar-refractivity contribution < 1.29 is 0 Å². The molecule has 1 aromatic rings. The summed E-state index contributed by atoms with van der Waals surface area (Å²) >= 11 is 1.65.